The fourth-order valence-corrected chi connectivity index (χ4v) is 1.65. The molecule has 0 radical (unpaired) electrons. The molecular formula is C13H21N3O4. The molecule has 20 heavy (non-hydrogen) atoms. The molecule has 0 saturated carbocycles. The zero-order valence-electron chi connectivity index (χ0n) is 12.3. The van der Waals surface area contributed by atoms with Crippen molar-refractivity contribution in [2.75, 3.05) is 13.2 Å². The van der Waals surface area contributed by atoms with Gasteiger partial charge in [-0.1, -0.05) is 0 Å². The molecule has 0 atom stereocenters. The molecule has 1 aromatic rings. The van der Waals surface area contributed by atoms with Crippen LogP contribution in [-0.2, 0) is 18.8 Å². The SMILES string of the molecule is CC(C)OCCCNC(=O)c1cn(C)c(=O)n(C)c1=O. The Morgan fingerprint density at radius 2 is 2.00 bits per heavy atom. The predicted octanol–water partition coefficient (Wildman–Crippen LogP) is -0.371. The van der Waals surface area contributed by atoms with Crippen LogP contribution in [0.1, 0.15) is 30.6 Å². The van der Waals surface area contributed by atoms with Crippen LogP contribution in [-0.4, -0.2) is 34.3 Å². The van der Waals surface area contributed by atoms with Crippen LogP contribution in [0.25, 0.3) is 0 Å². The van der Waals surface area contributed by atoms with Crippen LogP contribution in [0.5, 0.6) is 0 Å². The lowest BCUT2D eigenvalue weighted by Gasteiger charge is -2.09. The third-order valence-electron chi connectivity index (χ3n) is 2.75. The second-order valence-corrected chi connectivity index (χ2v) is 4.83. The summed E-state index contributed by atoms with van der Waals surface area (Å²) < 4.78 is 7.46. The maximum absolute atomic E-state index is 11.9. The van der Waals surface area contributed by atoms with Crippen LogP contribution in [0, 0.1) is 0 Å². The summed E-state index contributed by atoms with van der Waals surface area (Å²) in [4.78, 5) is 35.2. The van der Waals surface area contributed by atoms with E-state index in [1.165, 1.54) is 24.9 Å². The predicted molar refractivity (Wildman–Crippen MR) is 75.0 cm³/mol. The van der Waals surface area contributed by atoms with Gasteiger partial charge >= 0.3 is 5.69 Å². The lowest BCUT2D eigenvalue weighted by Crippen LogP contribution is -2.42. The topological polar surface area (TPSA) is 82.3 Å². The number of carbonyl (C=O) groups excluding carboxylic acids is 1. The first-order valence-electron chi connectivity index (χ1n) is 6.51. The van der Waals surface area contributed by atoms with E-state index in [-0.39, 0.29) is 11.7 Å². The van der Waals surface area contributed by atoms with Crippen LogP contribution in [0.4, 0.5) is 0 Å². The number of ether oxygens (including phenoxy) is 1. The number of amides is 1. The van der Waals surface area contributed by atoms with E-state index in [0.717, 1.165) is 4.57 Å². The van der Waals surface area contributed by atoms with Crippen LogP contribution in [0.15, 0.2) is 15.8 Å². The number of carbonyl (C=O) groups is 1. The molecule has 1 rings (SSSR count). The summed E-state index contributed by atoms with van der Waals surface area (Å²) in [5, 5.41) is 2.64. The summed E-state index contributed by atoms with van der Waals surface area (Å²) in [5.41, 5.74) is -1.10. The smallest absolute Gasteiger partial charge is 0.330 e. The average molecular weight is 283 g/mol. The van der Waals surface area contributed by atoms with Crippen molar-refractivity contribution in [1.82, 2.24) is 14.5 Å². The van der Waals surface area contributed by atoms with Gasteiger partial charge in [0.05, 0.1) is 6.10 Å². The van der Waals surface area contributed by atoms with E-state index < -0.39 is 17.2 Å². The lowest BCUT2D eigenvalue weighted by molar-refractivity contribution is 0.0757. The zero-order valence-corrected chi connectivity index (χ0v) is 12.3. The Morgan fingerprint density at radius 1 is 1.35 bits per heavy atom. The highest BCUT2D eigenvalue weighted by Gasteiger charge is 2.13. The normalized spacial score (nSPS) is 10.8. The monoisotopic (exact) mass is 283 g/mol. The van der Waals surface area contributed by atoms with E-state index in [2.05, 4.69) is 5.32 Å². The Balaban J connectivity index is 2.65. The van der Waals surface area contributed by atoms with Crippen LogP contribution < -0.4 is 16.6 Å². The van der Waals surface area contributed by atoms with Crippen molar-refractivity contribution < 1.29 is 9.53 Å². The second kappa shape index (κ2) is 7.04. The fraction of sp³-hybridized carbons (Fsp3) is 0.615. The molecule has 1 amide bonds. The molecule has 0 spiro atoms. The molecule has 0 aliphatic heterocycles. The van der Waals surface area contributed by atoms with Gasteiger partial charge in [0.25, 0.3) is 11.5 Å². The minimum atomic E-state index is -0.593. The highest BCUT2D eigenvalue weighted by Crippen LogP contribution is 1.91. The van der Waals surface area contributed by atoms with Gasteiger partial charge in [-0.25, -0.2) is 4.79 Å². The number of aromatic nitrogens is 2. The van der Waals surface area contributed by atoms with Crippen molar-refractivity contribution in [2.45, 2.75) is 26.4 Å². The van der Waals surface area contributed by atoms with Gasteiger partial charge in [0.1, 0.15) is 5.56 Å². The molecular weight excluding hydrogens is 262 g/mol. The van der Waals surface area contributed by atoms with Gasteiger partial charge in [0.15, 0.2) is 0 Å². The molecule has 7 nitrogen and oxygen atoms in total. The standard InChI is InChI=1S/C13H21N3O4/c1-9(2)20-7-5-6-14-11(17)10-8-15(3)13(19)16(4)12(10)18/h8-9H,5-7H2,1-4H3,(H,14,17). The maximum atomic E-state index is 11.9. The van der Waals surface area contributed by atoms with Crippen molar-refractivity contribution in [2.24, 2.45) is 14.1 Å². The molecule has 0 fully saturated rings. The fourth-order valence-electron chi connectivity index (χ4n) is 1.65. The van der Waals surface area contributed by atoms with Gasteiger partial charge in [0.2, 0.25) is 0 Å². The molecule has 1 aromatic heterocycles. The molecule has 0 saturated heterocycles. The van der Waals surface area contributed by atoms with Crippen LogP contribution >= 0.6 is 0 Å². The molecule has 1 heterocycles. The first-order chi connectivity index (χ1) is 9.34. The quantitative estimate of drug-likeness (QED) is 0.722. The molecule has 0 aliphatic rings. The Bertz CT molecular complexity index is 586. The molecule has 0 aliphatic carbocycles. The molecule has 1 N–H and O–H groups in total. The van der Waals surface area contributed by atoms with Crippen molar-refractivity contribution in [3.05, 3.63) is 32.6 Å². The highest BCUT2D eigenvalue weighted by molar-refractivity contribution is 5.93. The Hall–Kier alpha value is -1.89. The minimum absolute atomic E-state index is 0.0422. The van der Waals surface area contributed by atoms with Crippen molar-refractivity contribution in [1.29, 1.82) is 0 Å². The summed E-state index contributed by atoms with van der Waals surface area (Å²) in [6.07, 6.45) is 2.07. The van der Waals surface area contributed by atoms with E-state index in [1.807, 2.05) is 13.8 Å². The first-order valence-corrected chi connectivity index (χ1v) is 6.51. The number of aryl methyl sites for hydroxylation is 1. The van der Waals surface area contributed by atoms with E-state index in [4.69, 9.17) is 4.74 Å². The Morgan fingerprint density at radius 3 is 2.60 bits per heavy atom. The van der Waals surface area contributed by atoms with Crippen molar-refractivity contribution in [3.8, 4) is 0 Å². The van der Waals surface area contributed by atoms with E-state index in [1.54, 1.807) is 0 Å². The first kappa shape index (κ1) is 16.2. The molecule has 7 heteroatoms. The summed E-state index contributed by atoms with van der Waals surface area (Å²) >= 11 is 0. The largest absolute Gasteiger partial charge is 0.379 e. The van der Waals surface area contributed by atoms with E-state index in [0.29, 0.717) is 19.6 Å². The van der Waals surface area contributed by atoms with Crippen molar-refractivity contribution >= 4 is 5.91 Å². The molecule has 112 valence electrons. The van der Waals surface area contributed by atoms with Gasteiger partial charge in [-0.15, -0.1) is 0 Å². The van der Waals surface area contributed by atoms with Crippen LogP contribution in [0.3, 0.4) is 0 Å². The number of nitrogens with one attached hydrogen (secondary N) is 1. The van der Waals surface area contributed by atoms with Crippen LogP contribution in [0.2, 0.25) is 0 Å². The number of hydrogen-bond donors (Lipinski definition) is 1. The summed E-state index contributed by atoms with van der Waals surface area (Å²) in [7, 11) is 2.84. The summed E-state index contributed by atoms with van der Waals surface area (Å²) in [5.74, 6) is -0.481. The summed E-state index contributed by atoms with van der Waals surface area (Å²) in [6.45, 7) is 4.83. The average Bonchev–Trinajstić information content (AvgIpc) is 2.39. The van der Waals surface area contributed by atoms with Gasteiger partial charge in [-0.3, -0.25) is 14.2 Å². The van der Waals surface area contributed by atoms with E-state index >= 15 is 0 Å². The number of nitrogens with zero attached hydrogens (tertiary/aromatic N) is 2. The minimum Gasteiger partial charge on any atom is -0.379 e. The molecule has 0 aromatic carbocycles. The Labute approximate surface area is 117 Å². The lowest BCUT2D eigenvalue weighted by atomic mass is 10.3. The second-order valence-electron chi connectivity index (χ2n) is 4.83. The summed E-state index contributed by atoms with van der Waals surface area (Å²) in [6, 6.07) is 0. The van der Waals surface area contributed by atoms with Gasteiger partial charge in [0, 0.05) is 33.4 Å². The van der Waals surface area contributed by atoms with E-state index in [9.17, 15) is 14.4 Å². The maximum Gasteiger partial charge on any atom is 0.330 e. The van der Waals surface area contributed by atoms with Gasteiger partial charge in [-0.2, -0.15) is 0 Å². The zero-order chi connectivity index (χ0) is 15.3. The highest BCUT2D eigenvalue weighted by atomic mass is 16.5. The Kier molecular flexibility index (Phi) is 5.69. The van der Waals surface area contributed by atoms with Gasteiger partial charge < -0.3 is 14.6 Å². The molecule has 0 unspecified atom stereocenters. The third-order valence-corrected chi connectivity index (χ3v) is 2.75. The molecule has 0 bridgehead atoms. The van der Waals surface area contributed by atoms with Gasteiger partial charge in [-0.05, 0) is 20.3 Å². The van der Waals surface area contributed by atoms with Crippen molar-refractivity contribution in [3.63, 3.8) is 0 Å². The number of rotatable bonds is 6. The third kappa shape index (κ3) is 4.06. The number of hydrogen-bond acceptors (Lipinski definition) is 4.